The molecule has 0 spiro atoms. The third-order valence-corrected chi connectivity index (χ3v) is 3.64. The van der Waals surface area contributed by atoms with Gasteiger partial charge in [0.05, 0.1) is 6.42 Å². The molecule has 1 atom stereocenters. The number of rotatable bonds is 6. The molecular weight excluding hydrogens is 275 g/mol. The van der Waals surface area contributed by atoms with Gasteiger partial charge in [0, 0.05) is 24.7 Å². The Balaban J connectivity index is 1.79. The first-order valence-electron chi connectivity index (χ1n) is 7.06. The van der Waals surface area contributed by atoms with E-state index in [2.05, 4.69) is 5.32 Å². The van der Waals surface area contributed by atoms with Gasteiger partial charge in [0.2, 0.25) is 5.91 Å². The van der Waals surface area contributed by atoms with Crippen LogP contribution in [0.5, 0.6) is 0 Å². The van der Waals surface area contributed by atoms with Gasteiger partial charge in [-0.05, 0) is 37.6 Å². The molecule has 1 fully saturated rings. The first-order valence-corrected chi connectivity index (χ1v) is 7.06. The number of halogens is 1. The Bertz CT molecular complexity index is 521. The first-order chi connectivity index (χ1) is 10.0. The van der Waals surface area contributed by atoms with E-state index in [1.165, 1.54) is 18.2 Å². The van der Waals surface area contributed by atoms with Gasteiger partial charge in [0.1, 0.15) is 5.82 Å². The number of carbonyl (C=O) groups is 2. The fourth-order valence-electron chi connectivity index (χ4n) is 2.66. The monoisotopic (exact) mass is 294 g/mol. The molecule has 21 heavy (non-hydrogen) atoms. The Morgan fingerprint density at radius 2 is 2.24 bits per heavy atom. The third kappa shape index (κ3) is 4.82. The average Bonchev–Trinajstić information content (AvgIpc) is 2.83. The number of hydrogen-bond donors (Lipinski definition) is 2. The van der Waals surface area contributed by atoms with Gasteiger partial charge in [-0.1, -0.05) is 6.07 Å². The van der Waals surface area contributed by atoms with Gasteiger partial charge in [-0.2, -0.15) is 0 Å². The van der Waals surface area contributed by atoms with Gasteiger partial charge in [0.15, 0.2) is 0 Å². The van der Waals surface area contributed by atoms with Crippen molar-refractivity contribution in [3.63, 3.8) is 0 Å². The molecule has 0 aliphatic carbocycles. The zero-order valence-corrected chi connectivity index (χ0v) is 11.7. The minimum absolute atomic E-state index is 0.0180. The van der Waals surface area contributed by atoms with E-state index < -0.39 is 11.8 Å². The number of nitrogens with zero attached hydrogens (tertiary/aromatic N) is 1. The molecular formula is C15H19FN2O3. The summed E-state index contributed by atoms with van der Waals surface area (Å²) in [6.07, 6.45) is 2.21. The molecule has 114 valence electrons. The van der Waals surface area contributed by atoms with Crippen LogP contribution < -0.4 is 5.32 Å². The number of anilines is 1. The van der Waals surface area contributed by atoms with E-state index in [1.54, 1.807) is 6.07 Å². The van der Waals surface area contributed by atoms with E-state index in [0.717, 1.165) is 19.4 Å². The summed E-state index contributed by atoms with van der Waals surface area (Å²) < 4.78 is 13.0. The molecule has 0 saturated carbocycles. The Hall–Kier alpha value is -1.95. The lowest BCUT2D eigenvalue weighted by molar-refractivity contribution is -0.138. The van der Waals surface area contributed by atoms with Crippen LogP contribution >= 0.6 is 0 Å². The van der Waals surface area contributed by atoms with Crippen LogP contribution in [-0.4, -0.2) is 41.0 Å². The van der Waals surface area contributed by atoms with E-state index in [0.29, 0.717) is 12.2 Å². The number of nitrogens with one attached hydrogen (secondary N) is 1. The maximum atomic E-state index is 13.0. The maximum Gasteiger partial charge on any atom is 0.304 e. The van der Waals surface area contributed by atoms with Gasteiger partial charge in [-0.25, -0.2) is 4.39 Å². The van der Waals surface area contributed by atoms with Crippen LogP contribution in [0.1, 0.15) is 25.7 Å². The third-order valence-electron chi connectivity index (χ3n) is 3.64. The van der Waals surface area contributed by atoms with Crippen LogP contribution in [0.4, 0.5) is 10.1 Å². The molecule has 1 saturated heterocycles. The quantitative estimate of drug-likeness (QED) is 0.843. The summed E-state index contributed by atoms with van der Waals surface area (Å²) in [7, 11) is 0. The van der Waals surface area contributed by atoms with Crippen molar-refractivity contribution in [3.8, 4) is 0 Å². The molecule has 0 aromatic heterocycles. The second-order valence-electron chi connectivity index (χ2n) is 5.24. The molecule has 1 aliphatic heterocycles. The highest BCUT2D eigenvalue weighted by molar-refractivity contribution is 5.90. The summed E-state index contributed by atoms with van der Waals surface area (Å²) in [5.74, 6) is -1.40. The maximum absolute atomic E-state index is 13.0. The predicted molar refractivity (Wildman–Crippen MR) is 76.5 cm³/mol. The molecule has 2 N–H and O–H groups in total. The van der Waals surface area contributed by atoms with Gasteiger partial charge >= 0.3 is 5.97 Å². The first kappa shape index (κ1) is 15.4. The van der Waals surface area contributed by atoms with Crippen molar-refractivity contribution in [2.45, 2.75) is 31.7 Å². The average molecular weight is 294 g/mol. The van der Waals surface area contributed by atoms with Gasteiger partial charge < -0.3 is 10.4 Å². The molecule has 1 aromatic rings. The van der Waals surface area contributed by atoms with Crippen LogP contribution in [0.25, 0.3) is 0 Å². The highest BCUT2D eigenvalue weighted by Gasteiger charge is 2.26. The predicted octanol–water partition coefficient (Wildman–Crippen LogP) is 2.09. The molecule has 1 heterocycles. The largest absolute Gasteiger partial charge is 0.481 e. The van der Waals surface area contributed by atoms with Gasteiger partial charge in [-0.3, -0.25) is 14.5 Å². The number of carbonyl (C=O) groups excluding carboxylic acids is 1. The van der Waals surface area contributed by atoms with Crippen molar-refractivity contribution in [2.24, 2.45) is 0 Å². The van der Waals surface area contributed by atoms with E-state index in [4.69, 9.17) is 5.11 Å². The molecule has 1 amide bonds. The number of hydrogen-bond acceptors (Lipinski definition) is 3. The lowest BCUT2D eigenvalue weighted by atomic mass is 10.1. The second-order valence-corrected chi connectivity index (χ2v) is 5.24. The van der Waals surface area contributed by atoms with Gasteiger partial charge in [-0.15, -0.1) is 0 Å². The van der Waals surface area contributed by atoms with Crippen molar-refractivity contribution in [1.82, 2.24) is 4.90 Å². The summed E-state index contributed by atoms with van der Waals surface area (Å²) >= 11 is 0. The number of aliphatic carboxylic acids is 1. The minimum atomic E-state index is -0.809. The second kappa shape index (κ2) is 7.17. The minimum Gasteiger partial charge on any atom is -0.481 e. The van der Waals surface area contributed by atoms with Crippen molar-refractivity contribution < 1.29 is 19.1 Å². The molecule has 1 unspecified atom stereocenters. The SMILES string of the molecule is O=C(O)CC1CCCN1CCC(=O)Nc1cccc(F)c1. The fraction of sp³-hybridized carbons (Fsp3) is 0.467. The van der Waals surface area contributed by atoms with E-state index in [1.807, 2.05) is 4.90 Å². The van der Waals surface area contributed by atoms with Crippen LogP contribution in [0.3, 0.4) is 0 Å². The van der Waals surface area contributed by atoms with Crippen LogP contribution in [-0.2, 0) is 9.59 Å². The van der Waals surface area contributed by atoms with Crippen LogP contribution in [0.15, 0.2) is 24.3 Å². The fourth-order valence-corrected chi connectivity index (χ4v) is 2.66. The molecule has 1 aromatic carbocycles. The van der Waals surface area contributed by atoms with E-state index >= 15 is 0 Å². The lowest BCUT2D eigenvalue weighted by Crippen LogP contribution is -2.33. The van der Waals surface area contributed by atoms with Crippen molar-refractivity contribution in [2.75, 3.05) is 18.4 Å². The number of carboxylic acid groups (broad SMARTS) is 1. The highest BCUT2D eigenvalue weighted by atomic mass is 19.1. The zero-order chi connectivity index (χ0) is 15.2. The van der Waals surface area contributed by atoms with Crippen molar-refractivity contribution in [3.05, 3.63) is 30.1 Å². The normalized spacial score (nSPS) is 18.6. The zero-order valence-electron chi connectivity index (χ0n) is 11.7. The Kier molecular flexibility index (Phi) is 5.27. The van der Waals surface area contributed by atoms with E-state index in [-0.39, 0.29) is 24.8 Å². The molecule has 6 heteroatoms. The smallest absolute Gasteiger partial charge is 0.304 e. The molecule has 5 nitrogen and oxygen atoms in total. The molecule has 2 rings (SSSR count). The topological polar surface area (TPSA) is 69.6 Å². The number of likely N-dealkylation sites (tertiary alicyclic amines) is 1. The van der Waals surface area contributed by atoms with Crippen molar-refractivity contribution in [1.29, 1.82) is 0 Å². The summed E-state index contributed by atoms with van der Waals surface area (Å²) in [6, 6.07) is 5.76. The summed E-state index contributed by atoms with van der Waals surface area (Å²) in [6.45, 7) is 1.35. The molecule has 0 radical (unpaired) electrons. The molecule has 0 bridgehead atoms. The summed E-state index contributed by atoms with van der Waals surface area (Å²) in [5, 5.41) is 11.5. The summed E-state index contributed by atoms with van der Waals surface area (Å²) in [5.41, 5.74) is 0.434. The summed E-state index contributed by atoms with van der Waals surface area (Å²) in [4.78, 5) is 24.6. The van der Waals surface area contributed by atoms with E-state index in [9.17, 15) is 14.0 Å². The van der Waals surface area contributed by atoms with Crippen LogP contribution in [0.2, 0.25) is 0 Å². The number of amides is 1. The lowest BCUT2D eigenvalue weighted by Gasteiger charge is -2.22. The Morgan fingerprint density at radius 1 is 1.43 bits per heavy atom. The van der Waals surface area contributed by atoms with Crippen LogP contribution in [0, 0.1) is 5.82 Å². The van der Waals surface area contributed by atoms with Gasteiger partial charge in [0.25, 0.3) is 0 Å². The Morgan fingerprint density at radius 3 is 2.95 bits per heavy atom. The standard InChI is InChI=1S/C15H19FN2O3/c16-11-3-1-4-12(9-11)17-14(19)6-8-18-7-2-5-13(18)10-15(20)21/h1,3-4,9,13H,2,5-8,10H2,(H,17,19)(H,20,21). The van der Waals surface area contributed by atoms with Crippen molar-refractivity contribution >= 4 is 17.6 Å². The molecule has 1 aliphatic rings. The Labute approximate surface area is 122 Å². The highest BCUT2D eigenvalue weighted by Crippen LogP contribution is 2.20. The number of benzene rings is 1. The number of carboxylic acids is 1.